The summed E-state index contributed by atoms with van der Waals surface area (Å²) in [5, 5.41) is 106. The minimum atomic E-state index is -2.47. The maximum atomic E-state index is 14.1. The molecule has 4 aromatic rings. The molecule has 0 unspecified atom stereocenters. The van der Waals surface area contributed by atoms with Crippen LogP contribution in [0.5, 0.6) is 0 Å². The van der Waals surface area contributed by atoms with Gasteiger partial charge < -0.3 is 84.4 Å². The number of benzene rings is 4. The first-order chi connectivity index (χ1) is 49.3. The van der Waals surface area contributed by atoms with E-state index >= 15 is 0 Å². The normalized spacial score (nSPS) is 33.6. The number of alkyl carbamates (subject to hydrolysis) is 1. The van der Waals surface area contributed by atoms with Gasteiger partial charge in [-0.3, -0.25) is 4.79 Å². The van der Waals surface area contributed by atoms with Crippen molar-refractivity contribution in [1.82, 2.24) is 5.32 Å². The van der Waals surface area contributed by atoms with Crippen LogP contribution < -0.4 is 5.32 Å². The van der Waals surface area contributed by atoms with Crippen molar-refractivity contribution in [2.75, 3.05) is 13.2 Å². The maximum absolute atomic E-state index is 14.1. The first kappa shape index (κ1) is 82.9. The van der Waals surface area contributed by atoms with Gasteiger partial charge >= 0.3 is 72.8 Å². The van der Waals surface area contributed by atoms with Crippen molar-refractivity contribution in [2.45, 2.75) is 194 Å². The summed E-state index contributed by atoms with van der Waals surface area (Å²) >= 11 is 3.71. The molecule has 2 radical (unpaired) electrons. The fourth-order valence-corrected chi connectivity index (χ4v) is 13.6. The molecule has 103 heavy (non-hydrogen) atoms. The molecule has 0 spiro atoms. The Morgan fingerprint density at radius 2 is 1.12 bits per heavy atom. The number of aliphatic hydroxyl groups is 9. The summed E-state index contributed by atoms with van der Waals surface area (Å²) in [7, 11) is 0. The molecule has 1 amide bonds. The van der Waals surface area contributed by atoms with Gasteiger partial charge in [0.05, 0.1) is 67.4 Å². The number of aliphatic imine (C=N–C) groups is 1. The third kappa shape index (κ3) is 24.1. The number of hydrogen-bond donors (Lipinski definition) is 10. The molecule has 22 nitrogen and oxygen atoms in total. The predicted octanol–water partition coefficient (Wildman–Crippen LogP) is 10.5. The monoisotopic (exact) mass is 1760 g/mol. The zero-order valence-electron chi connectivity index (χ0n) is 57.6. The summed E-state index contributed by atoms with van der Waals surface area (Å²) in [6.07, 6.45) is 1.03. The van der Waals surface area contributed by atoms with Crippen LogP contribution in [0.1, 0.15) is 113 Å². The average Bonchev–Trinajstić information content (AvgIpc) is 1.56. The number of hydrogen-bond acceptors (Lipinski definition) is 21. The molecule has 9 rings (SSSR count). The number of nitrogens with one attached hydrogen (secondary N) is 1. The van der Waals surface area contributed by atoms with Crippen LogP contribution in [-0.4, -0.2) is 193 Å². The Bertz CT molecular complexity index is 3600. The topological polar surface area (TPSA) is 339 Å². The molecule has 10 N–H and O–H groups in total. The van der Waals surface area contributed by atoms with Crippen LogP contribution in [0.25, 0.3) is 22.3 Å². The number of amides is 1. The van der Waals surface area contributed by atoms with Gasteiger partial charge in [-0.2, -0.15) is 4.99 Å². The predicted molar refractivity (Wildman–Crippen MR) is 414 cm³/mol. The Morgan fingerprint density at radius 3 is 1.64 bits per heavy atom. The molecule has 0 saturated carbocycles. The number of ether oxygens (including phenoxy) is 7. The second-order valence-electron chi connectivity index (χ2n) is 26.4. The van der Waals surface area contributed by atoms with Crippen LogP contribution in [0.4, 0.5) is 9.59 Å². The van der Waals surface area contributed by atoms with Crippen LogP contribution in [0, 0.1) is 11.8 Å². The number of isocyanates is 1. The number of carbonyl (C=O) groups excluding carboxylic acids is 4. The van der Waals surface area contributed by atoms with Crippen molar-refractivity contribution in [3.8, 4) is 22.3 Å². The van der Waals surface area contributed by atoms with E-state index in [2.05, 4.69) is 47.5 Å². The summed E-state index contributed by atoms with van der Waals surface area (Å²) in [6.45, 7) is 6.47. The fraction of sp³-hybridized carbons (Fsp3) is 0.455. The van der Waals surface area contributed by atoms with Crippen LogP contribution in [0.3, 0.4) is 0 Å². The molecule has 554 valence electrons. The summed E-state index contributed by atoms with van der Waals surface area (Å²) in [5.74, 6) is -4.72. The van der Waals surface area contributed by atoms with Crippen molar-refractivity contribution in [2.24, 2.45) is 16.8 Å². The molecular formula is C77H92BI3N2O20. The van der Waals surface area contributed by atoms with E-state index < -0.39 is 171 Å². The molecule has 4 aromatic carbocycles. The van der Waals surface area contributed by atoms with E-state index in [1.54, 1.807) is 86.8 Å². The first-order valence-electron chi connectivity index (χ1n) is 34.4. The Kier molecular flexibility index (Phi) is 32.8. The standard InChI is InChI=1S/C77H92N2O20.BI3/c1-46-25-15-13-11-9-7-5-6-8-10-12-14-16-26-53(97-74-73(89)70(72(88)49(4)96-74)79-75(90)93-43-62-58-31-21-17-27-54(58)55-28-18-22-32-59(55)62)40-66-69(78-45-80)67(98-76(91)94-44-63-60-33-23-19-29-56(60)57-30-20-24-34-61(57)63)42-77(92,99-66)41-52(83)38-65(85)64(84)36-35-50(81)37-51(82)39-68(86)95-48(3)47(2)71(46)87;1-4(2)3/h5-34,46-53,62-67,69-74,81-85,87-89,92H,35-44H2,1-4H3,(H,79,90);/b6-5+,9-7+,10-8+,13-11+,14-12+,25-15+,26-16+;/t46-,47-,48-,49+,50+,51+,52-,53-,64+,65+,66-,67-,69-,70-,71+,72+,73-,74-,77+;/m0./s1. The Balaban J connectivity index is 0.00000327. The quantitative estimate of drug-likeness (QED) is 0.0186. The molecule has 2 saturated heterocycles. The van der Waals surface area contributed by atoms with Crippen molar-refractivity contribution < 1.29 is 98.3 Å². The second-order valence-corrected chi connectivity index (χ2v) is 49.9. The number of nitrogens with zero attached hydrogens (tertiary/aromatic N) is 1. The van der Waals surface area contributed by atoms with Crippen molar-refractivity contribution in [3.63, 3.8) is 0 Å². The molecule has 2 bridgehead atoms. The molecule has 5 aliphatic rings. The van der Waals surface area contributed by atoms with Crippen LogP contribution >= 0.6 is 48.9 Å². The van der Waals surface area contributed by atoms with Gasteiger partial charge in [-0.1, -0.05) is 196 Å². The van der Waals surface area contributed by atoms with Crippen LogP contribution in [0.15, 0.2) is 187 Å². The van der Waals surface area contributed by atoms with Gasteiger partial charge in [0, 0.05) is 49.4 Å². The molecule has 2 aliphatic carbocycles. The number of carbonyl (C=O) groups is 3. The van der Waals surface area contributed by atoms with Gasteiger partial charge in [0.25, 0.3) is 0 Å². The summed E-state index contributed by atoms with van der Waals surface area (Å²) in [6, 6.07) is 28.1. The second kappa shape index (κ2) is 40.8. The number of halogens is 3. The van der Waals surface area contributed by atoms with Crippen molar-refractivity contribution >= 4 is 78.9 Å². The van der Waals surface area contributed by atoms with Crippen molar-refractivity contribution in [1.29, 1.82) is 0 Å². The third-order valence-electron chi connectivity index (χ3n) is 19.0. The number of rotatable bonds is 9. The van der Waals surface area contributed by atoms with E-state index in [4.69, 9.17) is 38.9 Å². The van der Waals surface area contributed by atoms with Crippen molar-refractivity contribution in [3.05, 3.63) is 204 Å². The number of esters is 1. The van der Waals surface area contributed by atoms with E-state index in [-0.39, 0.29) is 50.7 Å². The molecule has 2 fully saturated rings. The van der Waals surface area contributed by atoms with Crippen LogP contribution in [-0.2, 0) is 42.7 Å². The van der Waals surface area contributed by atoms with Gasteiger partial charge in [0.2, 0.25) is 6.08 Å². The summed E-state index contributed by atoms with van der Waals surface area (Å²) in [4.78, 5) is 57.3. The zero-order chi connectivity index (χ0) is 74.3. The molecule has 0 aromatic heterocycles. The van der Waals surface area contributed by atoms with Gasteiger partial charge in [-0.15, -0.1) is 0 Å². The van der Waals surface area contributed by atoms with Crippen LogP contribution in [0.2, 0.25) is 0 Å². The van der Waals surface area contributed by atoms with E-state index in [9.17, 15) is 65.1 Å². The fourth-order valence-electron chi connectivity index (χ4n) is 13.6. The zero-order valence-corrected chi connectivity index (χ0v) is 64.1. The van der Waals surface area contributed by atoms with Gasteiger partial charge in [-0.05, 0) is 77.6 Å². The van der Waals surface area contributed by atoms with Gasteiger partial charge in [-0.25, -0.2) is 14.4 Å². The Hall–Kier alpha value is -5.78. The molecule has 3 heterocycles. The number of fused-ring (bicyclic) bond motifs is 8. The van der Waals surface area contributed by atoms with E-state index in [1.807, 2.05) is 116 Å². The third-order valence-corrected chi connectivity index (χ3v) is 19.0. The molecular weight excluding hydrogens is 1660 g/mol. The number of allylic oxidation sites excluding steroid dienone is 12. The average molecular weight is 1760 g/mol. The SMILES string of the molecule is C[C@@H]1[C@H](O)[C@@H](C)/C=C/C=C/C=C/C=C/C=C/C=C/C=C/[C@H](O[C@@H]2O[C@H](C)[C@@H](O)[C@H](NC(=O)OCC3c4ccccc4-c4ccccc43)[C@@H]2O)C[C@@H]2O[C@](O)(C[C@@H](O)C[C@@H](O)[C@H](O)CC[C@@H](O)C[C@@H](O)CC(=O)O[C@H]1C)C[C@H](OC(=O)OCC1c3ccccc3-c3ccccc31)[C@H]2N=C=O.[B]I(I)I. The number of aliphatic hydroxyl groups excluding tert-OH is 8. The van der Waals surface area contributed by atoms with Gasteiger partial charge in [0.1, 0.15) is 43.7 Å². The molecule has 19 atom stereocenters. The first-order valence-corrected chi connectivity index (χ1v) is 48.2. The van der Waals surface area contributed by atoms with E-state index in [0.29, 0.717) is 0 Å². The molecule has 3 aliphatic heterocycles. The number of cyclic esters (lactones) is 1. The minimum absolute atomic E-state index is 0.0702. The van der Waals surface area contributed by atoms with Gasteiger partial charge in [0.15, 0.2) is 12.1 Å². The Morgan fingerprint density at radius 1 is 0.621 bits per heavy atom. The summed E-state index contributed by atoms with van der Waals surface area (Å²) in [5.41, 5.74) is 12.9. The Labute approximate surface area is 628 Å². The van der Waals surface area contributed by atoms with E-state index in [0.717, 1.165) is 44.5 Å². The van der Waals surface area contributed by atoms with E-state index in [1.165, 1.54) is 13.0 Å². The summed E-state index contributed by atoms with van der Waals surface area (Å²) < 4.78 is 42.3. The molecule has 26 heteroatoms.